The molecule has 0 aromatic carbocycles. The van der Waals surface area contributed by atoms with Crippen molar-refractivity contribution in [3.05, 3.63) is 29.6 Å². The number of carboxylic acids is 1. The van der Waals surface area contributed by atoms with Gasteiger partial charge in [0.2, 0.25) is 5.95 Å². The number of aromatic nitrogens is 1. The third-order valence-corrected chi connectivity index (χ3v) is 4.58. The number of thioether (sulfide) groups is 1. The summed E-state index contributed by atoms with van der Waals surface area (Å²) in [6.45, 7) is 1.91. The molecule has 1 aliphatic rings. The zero-order valence-electron chi connectivity index (χ0n) is 11.3. The van der Waals surface area contributed by atoms with E-state index in [9.17, 15) is 23.5 Å². The summed E-state index contributed by atoms with van der Waals surface area (Å²) in [6, 6.07) is 0.0285. The minimum Gasteiger partial charge on any atom is -0.480 e. The highest BCUT2D eigenvalue weighted by Crippen LogP contribution is 2.34. The van der Waals surface area contributed by atoms with Gasteiger partial charge in [-0.1, -0.05) is 13.3 Å². The van der Waals surface area contributed by atoms with E-state index < -0.39 is 35.2 Å². The van der Waals surface area contributed by atoms with Gasteiger partial charge < -0.3 is 10.0 Å². The average molecular weight is 316 g/mol. The fraction of sp³-hybridized carbons (Fsp3) is 0.462. The lowest BCUT2D eigenvalue weighted by Crippen LogP contribution is -2.46. The molecule has 1 saturated heterocycles. The lowest BCUT2D eigenvalue weighted by molar-refractivity contribution is -0.141. The van der Waals surface area contributed by atoms with Crippen LogP contribution in [0.25, 0.3) is 0 Å². The Morgan fingerprint density at radius 2 is 2.24 bits per heavy atom. The number of carboxylic acid groups (broad SMARTS) is 1. The number of amides is 1. The standard InChI is InChI=1S/C13H14F2N2O3S/c1-2-3-9-17(8(6-21-9)13(19)20)12(18)7-4-5-16-11(15)10(7)14/h4-5,8-9H,2-3,6H2,1H3,(H,19,20). The van der Waals surface area contributed by atoms with Gasteiger partial charge in [-0.05, 0) is 12.5 Å². The second-order valence-corrected chi connectivity index (χ2v) is 5.82. The summed E-state index contributed by atoms with van der Waals surface area (Å²) in [5, 5.41) is 8.85. The van der Waals surface area contributed by atoms with E-state index in [1.807, 2.05) is 6.92 Å². The monoisotopic (exact) mass is 316 g/mol. The van der Waals surface area contributed by atoms with Gasteiger partial charge in [0.25, 0.3) is 5.91 Å². The molecule has 1 aliphatic heterocycles. The minimum atomic E-state index is -1.37. The molecule has 1 fully saturated rings. The van der Waals surface area contributed by atoms with Gasteiger partial charge in [0.05, 0.1) is 10.9 Å². The first-order chi connectivity index (χ1) is 9.97. The Balaban J connectivity index is 2.37. The predicted molar refractivity (Wildman–Crippen MR) is 72.9 cm³/mol. The SMILES string of the molecule is CCCC1SCC(C(=O)O)N1C(=O)c1ccnc(F)c1F. The predicted octanol–water partition coefficient (Wildman–Crippen LogP) is 2.13. The largest absolute Gasteiger partial charge is 0.480 e. The van der Waals surface area contributed by atoms with Crippen molar-refractivity contribution >= 4 is 23.6 Å². The number of carbonyl (C=O) groups is 2. The van der Waals surface area contributed by atoms with Crippen LogP contribution in [0.15, 0.2) is 12.3 Å². The van der Waals surface area contributed by atoms with Gasteiger partial charge in [-0.2, -0.15) is 4.39 Å². The van der Waals surface area contributed by atoms with Crippen LogP contribution in [-0.4, -0.2) is 44.0 Å². The summed E-state index contributed by atoms with van der Waals surface area (Å²) in [5.41, 5.74) is -0.489. The first kappa shape index (κ1) is 15.7. The van der Waals surface area contributed by atoms with Crippen molar-refractivity contribution in [2.45, 2.75) is 31.2 Å². The lowest BCUT2D eigenvalue weighted by Gasteiger charge is -2.27. The van der Waals surface area contributed by atoms with Gasteiger partial charge in [0.15, 0.2) is 5.82 Å². The Hall–Kier alpha value is -1.70. The molecule has 21 heavy (non-hydrogen) atoms. The van der Waals surface area contributed by atoms with Gasteiger partial charge in [-0.25, -0.2) is 14.2 Å². The molecule has 0 bridgehead atoms. The maximum Gasteiger partial charge on any atom is 0.327 e. The Morgan fingerprint density at radius 1 is 1.52 bits per heavy atom. The van der Waals surface area contributed by atoms with Crippen molar-refractivity contribution in [1.82, 2.24) is 9.88 Å². The van der Waals surface area contributed by atoms with Crippen molar-refractivity contribution in [1.29, 1.82) is 0 Å². The fourth-order valence-electron chi connectivity index (χ4n) is 2.22. The van der Waals surface area contributed by atoms with Crippen LogP contribution in [0.2, 0.25) is 0 Å². The molecule has 0 aliphatic carbocycles. The van der Waals surface area contributed by atoms with E-state index in [-0.39, 0.29) is 11.1 Å². The average Bonchev–Trinajstić information content (AvgIpc) is 2.85. The Kier molecular flexibility index (Phi) is 4.76. The lowest BCUT2D eigenvalue weighted by atomic mass is 10.1. The summed E-state index contributed by atoms with van der Waals surface area (Å²) in [4.78, 5) is 28.0. The number of nitrogens with zero attached hydrogens (tertiary/aromatic N) is 2. The summed E-state index contributed by atoms with van der Waals surface area (Å²) in [6.07, 6.45) is 2.33. The van der Waals surface area contributed by atoms with Crippen LogP contribution in [-0.2, 0) is 4.79 Å². The summed E-state index contributed by atoms with van der Waals surface area (Å²) in [7, 11) is 0. The zero-order chi connectivity index (χ0) is 15.6. The van der Waals surface area contributed by atoms with Crippen molar-refractivity contribution in [3.8, 4) is 0 Å². The minimum absolute atomic E-state index is 0.237. The van der Waals surface area contributed by atoms with Gasteiger partial charge in [0, 0.05) is 11.9 Å². The van der Waals surface area contributed by atoms with E-state index in [1.54, 1.807) is 0 Å². The van der Waals surface area contributed by atoms with Gasteiger partial charge >= 0.3 is 5.97 Å². The third-order valence-electron chi connectivity index (χ3n) is 3.22. The first-order valence-electron chi connectivity index (χ1n) is 6.44. The number of aliphatic carboxylic acids is 1. The van der Waals surface area contributed by atoms with Crippen LogP contribution in [0.1, 0.15) is 30.1 Å². The van der Waals surface area contributed by atoms with Crippen LogP contribution >= 0.6 is 11.8 Å². The molecule has 2 heterocycles. The molecule has 2 unspecified atom stereocenters. The Morgan fingerprint density at radius 3 is 2.86 bits per heavy atom. The highest BCUT2D eigenvalue weighted by molar-refractivity contribution is 8.00. The molecule has 114 valence electrons. The Bertz CT molecular complexity index is 570. The number of hydrogen-bond acceptors (Lipinski definition) is 4. The Labute approximate surface area is 124 Å². The third kappa shape index (κ3) is 2.99. The molecular weight excluding hydrogens is 302 g/mol. The topological polar surface area (TPSA) is 70.5 Å². The quantitative estimate of drug-likeness (QED) is 0.862. The van der Waals surface area contributed by atoms with E-state index in [0.717, 1.165) is 23.6 Å². The smallest absolute Gasteiger partial charge is 0.327 e. The van der Waals surface area contributed by atoms with Crippen LogP contribution in [0.4, 0.5) is 8.78 Å². The van der Waals surface area contributed by atoms with Gasteiger partial charge in [-0.15, -0.1) is 11.8 Å². The molecule has 1 N–H and O–H groups in total. The molecule has 8 heteroatoms. The van der Waals surface area contributed by atoms with Crippen LogP contribution in [0.3, 0.4) is 0 Å². The maximum atomic E-state index is 13.7. The zero-order valence-corrected chi connectivity index (χ0v) is 12.1. The summed E-state index contributed by atoms with van der Waals surface area (Å²) >= 11 is 1.34. The second kappa shape index (κ2) is 6.38. The summed E-state index contributed by atoms with van der Waals surface area (Å²) in [5.74, 6) is -4.44. The summed E-state index contributed by atoms with van der Waals surface area (Å²) < 4.78 is 26.9. The number of halogens is 2. The molecule has 0 saturated carbocycles. The normalized spacial score (nSPS) is 21.6. The van der Waals surface area contributed by atoms with E-state index in [4.69, 9.17) is 0 Å². The molecule has 1 aromatic heterocycles. The van der Waals surface area contributed by atoms with Crippen molar-refractivity contribution < 1.29 is 23.5 Å². The highest BCUT2D eigenvalue weighted by atomic mass is 32.2. The van der Waals surface area contributed by atoms with Crippen LogP contribution < -0.4 is 0 Å². The van der Waals surface area contributed by atoms with E-state index in [2.05, 4.69) is 4.98 Å². The molecule has 2 atom stereocenters. The van der Waals surface area contributed by atoms with Crippen molar-refractivity contribution in [2.75, 3.05) is 5.75 Å². The fourth-order valence-corrected chi connectivity index (χ4v) is 3.73. The van der Waals surface area contributed by atoms with Gasteiger partial charge in [-0.3, -0.25) is 4.79 Å². The van der Waals surface area contributed by atoms with E-state index >= 15 is 0 Å². The molecule has 0 radical (unpaired) electrons. The first-order valence-corrected chi connectivity index (χ1v) is 7.49. The van der Waals surface area contributed by atoms with E-state index in [0.29, 0.717) is 6.42 Å². The highest BCUT2D eigenvalue weighted by Gasteiger charge is 2.42. The molecule has 0 spiro atoms. The number of hydrogen-bond donors (Lipinski definition) is 1. The number of rotatable bonds is 4. The molecular formula is C13H14F2N2O3S. The number of carbonyl (C=O) groups excluding carboxylic acids is 1. The van der Waals surface area contributed by atoms with E-state index in [1.165, 1.54) is 11.8 Å². The molecule has 5 nitrogen and oxygen atoms in total. The number of pyridine rings is 1. The van der Waals surface area contributed by atoms with Gasteiger partial charge in [0.1, 0.15) is 6.04 Å². The molecule has 1 aromatic rings. The molecule has 1 amide bonds. The van der Waals surface area contributed by atoms with Crippen molar-refractivity contribution in [2.24, 2.45) is 0 Å². The second-order valence-electron chi connectivity index (χ2n) is 4.61. The van der Waals surface area contributed by atoms with Crippen LogP contribution in [0.5, 0.6) is 0 Å². The van der Waals surface area contributed by atoms with Crippen LogP contribution in [0, 0.1) is 11.8 Å². The molecule has 2 rings (SSSR count). The maximum absolute atomic E-state index is 13.7. The van der Waals surface area contributed by atoms with Crippen molar-refractivity contribution in [3.63, 3.8) is 0 Å².